The summed E-state index contributed by atoms with van der Waals surface area (Å²) in [4.78, 5) is 34.8. The van der Waals surface area contributed by atoms with Crippen LogP contribution in [-0.2, 0) is 0 Å². The highest BCUT2D eigenvalue weighted by Crippen LogP contribution is 2.40. The fraction of sp³-hybridized carbons (Fsp3) is 0. The standard InChI is InChI=1S/C59H39N7/c1-5-16-40(17-6-1)41-28-30-46(31-29-41)57-61-54(43-18-7-2-8-19-43)63-58(64-57)49-25-15-24-47(38-49)53-39-48(32-33-51(53)42-34-36-60-37-35-42)50-26-13-14-27-52(50)59-65-55(44-20-9-3-10-21-44)62-56(66-59)45-22-11-4-12-23-45/h1-39H. The van der Waals surface area contributed by atoms with Crippen LogP contribution in [0.15, 0.2) is 237 Å². The molecule has 0 aliphatic carbocycles. The van der Waals surface area contributed by atoms with E-state index in [0.717, 1.165) is 77.9 Å². The number of benzene rings is 8. The van der Waals surface area contributed by atoms with Crippen LogP contribution in [-0.4, -0.2) is 34.9 Å². The van der Waals surface area contributed by atoms with Gasteiger partial charge < -0.3 is 0 Å². The van der Waals surface area contributed by atoms with Crippen LogP contribution in [0.3, 0.4) is 0 Å². The molecule has 11 aromatic rings. The smallest absolute Gasteiger partial charge is 0.164 e. The lowest BCUT2D eigenvalue weighted by atomic mass is 9.89. The molecular weight excluding hydrogens is 807 g/mol. The maximum Gasteiger partial charge on any atom is 0.164 e. The van der Waals surface area contributed by atoms with Crippen molar-refractivity contribution in [1.82, 2.24) is 34.9 Å². The van der Waals surface area contributed by atoms with Crippen LogP contribution in [0.4, 0.5) is 0 Å². The van der Waals surface area contributed by atoms with Gasteiger partial charge in [-0.1, -0.05) is 200 Å². The molecule has 3 heterocycles. The second-order valence-electron chi connectivity index (χ2n) is 15.8. The van der Waals surface area contributed by atoms with E-state index < -0.39 is 0 Å². The average molecular weight is 846 g/mol. The van der Waals surface area contributed by atoms with Gasteiger partial charge in [0.15, 0.2) is 34.9 Å². The SMILES string of the molecule is c1ccc(-c2ccc(-c3nc(-c4ccccc4)nc(-c4cccc(-c5cc(-c6ccccc6-c6nc(-c7ccccc7)nc(-c7ccccc7)n6)ccc5-c5ccncc5)c4)n3)cc2)cc1. The molecule has 310 valence electrons. The van der Waals surface area contributed by atoms with Gasteiger partial charge in [0, 0.05) is 45.8 Å². The Morgan fingerprint density at radius 3 is 1.08 bits per heavy atom. The number of pyridine rings is 1. The van der Waals surface area contributed by atoms with Gasteiger partial charge in [0.1, 0.15) is 0 Å². The maximum absolute atomic E-state index is 5.14. The van der Waals surface area contributed by atoms with Gasteiger partial charge in [-0.2, -0.15) is 0 Å². The van der Waals surface area contributed by atoms with E-state index >= 15 is 0 Å². The number of aromatic nitrogens is 7. The Morgan fingerprint density at radius 2 is 0.530 bits per heavy atom. The molecule has 66 heavy (non-hydrogen) atoms. The van der Waals surface area contributed by atoms with Crippen LogP contribution in [0, 0.1) is 0 Å². The third-order valence-electron chi connectivity index (χ3n) is 11.5. The monoisotopic (exact) mass is 845 g/mol. The molecule has 0 aliphatic heterocycles. The molecule has 0 radical (unpaired) electrons. The Balaban J connectivity index is 1.04. The van der Waals surface area contributed by atoms with E-state index in [1.165, 1.54) is 0 Å². The summed E-state index contributed by atoms with van der Waals surface area (Å²) in [7, 11) is 0. The van der Waals surface area contributed by atoms with Crippen molar-refractivity contribution in [3.05, 3.63) is 237 Å². The second-order valence-corrected chi connectivity index (χ2v) is 15.8. The van der Waals surface area contributed by atoms with Crippen LogP contribution in [0.1, 0.15) is 0 Å². The highest BCUT2D eigenvalue weighted by molar-refractivity contribution is 5.91. The Bertz CT molecular complexity index is 3380. The predicted octanol–water partition coefficient (Wildman–Crippen LogP) is 14.1. The van der Waals surface area contributed by atoms with Crippen LogP contribution < -0.4 is 0 Å². The first-order valence-corrected chi connectivity index (χ1v) is 21.8. The van der Waals surface area contributed by atoms with Crippen LogP contribution >= 0.6 is 0 Å². The lowest BCUT2D eigenvalue weighted by Gasteiger charge is -2.16. The molecule has 8 aromatic carbocycles. The van der Waals surface area contributed by atoms with Crippen molar-refractivity contribution in [2.24, 2.45) is 0 Å². The van der Waals surface area contributed by atoms with Crippen LogP contribution in [0.2, 0.25) is 0 Å². The van der Waals surface area contributed by atoms with Crippen molar-refractivity contribution in [1.29, 1.82) is 0 Å². The first-order valence-electron chi connectivity index (χ1n) is 21.8. The average Bonchev–Trinajstić information content (AvgIpc) is 3.42. The molecule has 0 fully saturated rings. The minimum atomic E-state index is 0.582. The van der Waals surface area contributed by atoms with E-state index in [1.807, 2.05) is 128 Å². The summed E-state index contributed by atoms with van der Waals surface area (Å²) in [5.74, 6) is 3.60. The number of nitrogens with zero attached hydrogens (tertiary/aromatic N) is 7. The summed E-state index contributed by atoms with van der Waals surface area (Å²) in [5, 5.41) is 0. The minimum absolute atomic E-state index is 0.582. The minimum Gasteiger partial charge on any atom is -0.265 e. The molecule has 0 spiro atoms. The summed E-state index contributed by atoms with van der Waals surface area (Å²) >= 11 is 0. The first kappa shape index (κ1) is 39.8. The highest BCUT2D eigenvalue weighted by Gasteiger charge is 2.19. The molecule has 0 amide bonds. The number of rotatable bonds is 10. The fourth-order valence-corrected chi connectivity index (χ4v) is 8.21. The second kappa shape index (κ2) is 18.0. The normalized spacial score (nSPS) is 11.0. The van der Waals surface area contributed by atoms with Gasteiger partial charge in [-0.25, -0.2) is 29.9 Å². The van der Waals surface area contributed by atoms with E-state index in [4.69, 9.17) is 29.9 Å². The summed E-state index contributed by atoms with van der Waals surface area (Å²) in [6, 6.07) is 76.4. The largest absolute Gasteiger partial charge is 0.265 e. The molecule has 0 unspecified atom stereocenters. The quantitative estimate of drug-likeness (QED) is 0.135. The molecule has 0 saturated heterocycles. The molecule has 3 aromatic heterocycles. The third kappa shape index (κ3) is 8.28. The van der Waals surface area contributed by atoms with Crippen molar-refractivity contribution in [2.75, 3.05) is 0 Å². The Hall–Kier alpha value is -9.07. The van der Waals surface area contributed by atoms with E-state index in [-0.39, 0.29) is 0 Å². The summed E-state index contributed by atoms with van der Waals surface area (Å²) < 4.78 is 0. The molecule has 7 nitrogen and oxygen atoms in total. The van der Waals surface area contributed by atoms with Crippen LogP contribution in [0.5, 0.6) is 0 Å². The zero-order chi connectivity index (χ0) is 44.1. The fourth-order valence-electron chi connectivity index (χ4n) is 8.21. The first-order chi connectivity index (χ1) is 32.7. The van der Waals surface area contributed by atoms with Crippen molar-refractivity contribution in [3.8, 4) is 113 Å². The van der Waals surface area contributed by atoms with E-state index in [0.29, 0.717) is 34.9 Å². The molecule has 11 rings (SSSR count). The van der Waals surface area contributed by atoms with Gasteiger partial charge in [-0.3, -0.25) is 4.98 Å². The Labute approximate surface area is 383 Å². The van der Waals surface area contributed by atoms with E-state index in [2.05, 4.69) is 114 Å². The summed E-state index contributed by atoms with van der Waals surface area (Å²) in [6.45, 7) is 0. The van der Waals surface area contributed by atoms with Gasteiger partial charge in [-0.05, 0) is 68.8 Å². The Kier molecular flexibility index (Phi) is 10.8. The molecule has 0 bridgehead atoms. The lowest BCUT2D eigenvalue weighted by molar-refractivity contribution is 1.07. The third-order valence-corrected chi connectivity index (χ3v) is 11.5. The molecule has 0 aliphatic rings. The predicted molar refractivity (Wildman–Crippen MR) is 265 cm³/mol. The van der Waals surface area contributed by atoms with Crippen molar-refractivity contribution < 1.29 is 0 Å². The molecule has 0 atom stereocenters. The van der Waals surface area contributed by atoms with Crippen molar-refractivity contribution in [3.63, 3.8) is 0 Å². The molecule has 0 N–H and O–H groups in total. The van der Waals surface area contributed by atoms with E-state index in [9.17, 15) is 0 Å². The van der Waals surface area contributed by atoms with Gasteiger partial charge >= 0.3 is 0 Å². The zero-order valence-corrected chi connectivity index (χ0v) is 35.6. The van der Waals surface area contributed by atoms with Gasteiger partial charge in [0.25, 0.3) is 0 Å². The molecule has 0 saturated carbocycles. The van der Waals surface area contributed by atoms with Crippen molar-refractivity contribution >= 4 is 0 Å². The number of hydrogen-bond donors (Lipinski definition) is 0. The van der Waals surface area contributed by atoms with Crippen LogP contribution in [0.25, 0.3) is 113 Å². The van der Waals surface area contributed by atoms with Crippen molar-refractivity contribution in [2.45, 2.75) is 0 Å². The zero-order valence-electron chi connectivity index (χ0n) is 35.6. The van der Waals surface area contributed by atoms with Gasteiger partial charge in [-0.15, -0.1) is 0 Å². The molecule has 7 heteroatoms. The lowest BCUT2D eigenvalue weighted by Crippen LogP contribution is -2.01. The topological polar surface area (TPSA) is 90.2 Å². The number of hydrogen-bond acceptors (Lipinski definition) is 7. The molecular formula is C59H39N7. The van der Waals surface area contributed by atoms with Gasteiger partial charge in [0.2, 0.25) is 0 Å². The Morgan fingerprint density at radius 1 is 0.182 bits per heavy atom. The van der Waals surface area contributed by atoms with Gasteiger partial charge in [0.05, 0.1) is 0 Å². The summed E-state index contributed by atoms with van der Waals surface area (Å²) in [5.41, 5.74) is 13.9. The summed E-state index contributed by atoms with van der Waals surface area (Å²) in [6.07, 6.45) is 3.66. The highest BCUT2D eigenvalue weighted by atomic mass is 15.0. The van der Waals surface area contributed by atoms with E-state index in [1.54, 1.807) is 0 Å². The maximum atomic E-state index is 5.14.